The van der Waals surface area contributed by atoms with Crippen LogP contribution in [-0.4, -0.2) is 59.7 Å². The maximum Gasteiger partial charge on any atom is 0.342 e. The minimum Gasteiger partial charge on any atom is -0.496 e. The molecule has 2 aliphatic rings. The summed E-state index contributed by atoms with van der Waals surface area (Å²) in [5.74, 6) is -2.29. The summed E-state index contributed by atoms with van der Waals surface area (Å²) >= 11 is 0. The van der Waals surface area contributed by atoms with Crippen LogP contribution in [0.4, 0.5) is 0 Å². The van der Waals surface area contributed by atoms with Crippen LogP contribution in [0.2, 0.25) is 0 Å². The van der Waals surface area contributed by atoms with Crippen LogP contribution in [0, 0.1) is 0 Å². The third kappa shape index (κ3) is 3.84. The Kier molecular flexibility index (Phi) is 5.72. The smallest absolute Gasteiger partial charge is 0.342 e. The zero-order valence-corrected chi connectivity index (χ0v) is 17.3. The van der Waals surface area contributed by atoms with Crippen molar-refractivity contribution in [2.24, 2.45) is 0 Å². The number of benzene rings is 2. The van der Waals surface area contributed by atoms with E-state index in [0.29, 0.717) is 36.1 Å². The van der Waals surface area contributed by atoms with Gasteiger partial charge in [0.25, 0.3) is 17.7 Å². The Bertz CT molecular complexity index is 1110. The van der Waals surface area contributed by atoms with Crippen molar-refractivity contribution in [3.8, 4) is 5.75 Å². The van der Waals surface area contributed by atoms with Crippen molar-refractivity contribution in [3.05, 3.63) is 64.7 Å². The summed E-state index contributed by atoms with van der Waals surface area (Å²) in [4.78, 5) is 63.8. The molecule has 1 fully saturated rings. The molecule has 0 unspecified atom stereocenters. The lowest BCUT2D eigenvalue weighted by molar-refractivity contribution is -0.143. The van der Waals surface area contributed by atoms with E-state index in [1.54, 1.807) is 30.3 Å². The number of nitrogens with zero attached hydrogens (tertiary/aromatic N) is 2. The van der Waals surface area contributed by atoms with Crippen molar-refractivity contribution in [2.75, 3.05) is 20.3 Å². The van der Waals surface area contributed by atoms with Crippen molar-refractivity contribution in [3.63, 3.8) is 0 Å². The molecule has 4 amide bonds. The van der Waals surface area contributed by atoms with E-state index < -0.39 is 30.3 Å². The number of amides is 4. The van der Waals surface area contributed by atoms with Gasteiger partial charge in [0.15, 0.2) is 6.61 Å². The highest BCUT2D eigenvalue weighted by Gasteiger charge is 2.35. The number of hydrogen-bond donors (Lipinski definition) is 0. The topological polar surface area (TPSA) is 110 Å². The van der Waals surface area contributed by atoms with Gasteiger partial charge in [-0.25, -0.2) is 4.79 Å². The fourth-order valence-corrected chi connectivity index (χ4v) is 3.77. The number of rotatable bonds is 6. The fourth-order valence-electron chi connectivity index (χ4n) is 3.77. The first-order valence-electron chi connectivity index (χ1n) is 10.0. The molecule has 2 aromatic carbocycles. The van der Waals surface area contributed by atoms with Gasteiger partial charge in [0.1, 0.15) is 11.3 Å². The molecule has 0 aromatic heterocycles. The molecule has 0 radical (unpaired) electrons. The number of imide groups is 2. The first-order valence-corrected chi connectivity index (χ1v) is 10.0. The van der Waals surface area contributed by atoms with Gasteiger partial charge in [-0.05, 0) is 36.2 Å². The molecule has 0 bridgehead atoms. The van der Waals surface area contributed by atoms with Crippen LogP contribution in [0.5, 0.6) is 5.75 Å². The van der Waals surface area contributed by atoms with E-state index in [1.165, 1.54) is 19.2 Å². The lowest BCUT2D eigenvalue weighted by Gasteiger charge is -2.16. The van der Waals surface area contributed by atoms with E-state index in [1.807, 2.05) is 0 Å². The second kappa shape index (κ2) is 8.62. The lowest BCUT2D eigenvalue weighted by atomic mass is 10.1. The van der Waals surface area contributed by atoms with E-state index in [9.17, 15) is 24.0 Å². The number of fused-ring (bicyclic) bond motifs is 1. The van der Waals surface area contributed by atoms with E-state index in [2.05, 4.69) is 0 Å². The van der Waals surface area contributed by atoms with Gasteiger partial charge in [0.05, 0.1) is 24.8 Å². The third-order valence-corrected chi connectivity index (χ3v) is 5.40. The fraction of sp³-hybridized carbons (Fsp3) is 0.261. The Hall–Kier alpha value is -4.01. The Morgan fingerprint density at radius 2 is 1.69 bits per heavy atom. The summed E-state index contributed by atoms with van der Waals surface area (Å²) in [6.45, 7) is -0.303. The molecule has 2 heterocycles. The minimum absolute atomic E-state index is 0.0437. The second-order valence-electron chi connectivity index (χ2n) is 7.40. The number of carbonyl (C=O) groups excluding carboxylic acids is 5. The van der Waals surface area contributed by atoms with Crippen LogP contribution >= 0.6 is 0 Å². The molecule has 2 aromatic rings. The van der Waals surface area contributed by atoms with E-state index in [-0.39, 0.29) is 23.8 Å². The standard InChI is InChI=1S/C23H20N2O7/c1-31-18-9-8-14(12-25-21(28)15-5-2-3-6-16(15)22(25)29)11-17(18)23(30)32-13-20(27)24-10-4-7-19(24)26/h2-3,5-6,8-9,11H,4,7,10,12-13H2,1H3. The number of esters is 1. The van der Waals surface area contributed by atoms with E-state index in [0.717, 1.165) is 9.80 Å². The molecule has 0 N–H and O–H groups in total. The van der Waals surface area contributed by atoms with Crippen LogP contribution in [0.15, 0.2) is 42.5 Å². The molecule has 0 spiro atoms. The molecule has 32 heavy (non-hydrogen) atoms. The second-order valence-corrected chi connectivity index (χ2v) is 7.40. The van der Waals surface area contributed by atoms with Gasteiger partial charge in [-0.15, -0.1) is 0 Å². The monoisotopic (exact) mass is 436 g/mol. The Balaban J connectivity index is 1.48. The van der Waals surface area contributed by atoms with Crippen LogP contribution in [-0.2, 0) is 20.9 Å². The SMILES string of the molecule is COc1ccc(CN2C(=O)c3ccccc3C2=O)cc1C(=O)OCC(=O)N1CCCC1=O. The number of likely N-dealkylation sites (tertiary alicyclic amines) is 1. The van der Waals surface area contributed by atoms with Gasteiger partial charge in [-0.2, -0.15) is 0 Å². The summed E-state index contributed by atoms with van der Waals surface area (Å²) in [5.41, 5.74) is 1.22. The van der Waals surface area contributed by atoms with Crippen LogP contribution in [0.25, 0.3) is 0 Å². The Labute approximate surface area is 183 Å². The van der Waals surface area contributed by atoms with Crippen LogP contribution < -0.4 is 4.74 Å². The van der Waals surface area contributed by atoms with Gasteiger partial charge in [-0.3, -0.25) is 29.0 Å². The predicted octanol–water partition coefficient (Wildman–Crippen LogP) is 1.80. The van der Waals surface area contributed by atoms with Crippen LogP contribution in [0.1, 0.15) is 49.5 Å². The van der Waals surface area contributed by atoms with Gasteiger partial charge < -0.3 is 9.47 Å². The van der Waals surface area contributed by atoms with E-state index in [4.69, 9.17) is 9.47 Å². The molecular weight excluding hydrogens is 416 g/mol. The predicted molar refractivity (Wildman–Crippen MR) is 110 cm³/mol. The summed E-state index contributed by atoms with van der Waals surface area (Å²) in [6, 6.07) is 11.2. The highest BCUT2D eigenvalue weighted by atomic mass is 16.5. The van der Waals surface area contributed by atoms with Crippen molar-refractivity contribution in [1.82, 2.24) is 9.80 Å². The molecule has 0 aliphatic carbocycles. The molecule has 4 rings (SSSR count). The first kappa shape index (κ1) is 21.2. The largest absolute Gasteiger partial charge is 0.496 e. The summed E-state index contributed by atoms with van der Waals surface area (Å²) < 4.78 is 10.3. The zero-order chi connectivity index (χ0) is 22.8. The van der Waals surface area contributed by atoms with Gasteiger partial charge >= 0.3 is 5.97 Å². The van der Waals surface area contributed by atoms with Gasteiger partial charge in [0.2, 0.25) is 5.91 Å². The molecular formula is C23H20N2O7. The molecule has 164 valence electrons. The molecule has 0 atom stereocenters. The van der Waals surface area contributed by atoms with E-state index >= 15 is 0 Å². The summed E-state index contributed by atoms with van der Waals surface area (Å²) in [7, 11) is 1.38. The Morgan fingerprint density at radius 3 is 2.28 bits per heavy atom. The molecule has 0 saturated carbocycles. The van der Waals surface area contributed by atoms with Gasteiger partial charge in [0, 0.05) is 13.0 Å². The average molecular weight is 436 g/mol. The maximum absolute atomic E-state index is 12.6. The third-order valence-electron chi connectivity index (χ3n) is 5.40. The van der Waals surface area contributed by atoms with Crippen molar-refractivity contribution in [1.29, 1.82) is 0 Å². The van der Waals surface area contributed by atoms with Crippen molar-refractivity contribution < 1.29 is 33.4 Å². The lowest BCUT2D eigenvalue weighted by Crippen LogP contribution is -2.35. The number of carbonyl (C=O) groups is 5. The average Bonchev–Trinajstić information content (AvgIpc) is 3.34. The minimum atomic E-state index is -0.814. The molecule has 2 aliphatic heterocycles. The number of hydrogen-bond acceptors (Lipinski definition) is 7. The molecule has 9 heteroatoms. The highest BCUT2D eigenvalue weighted by molar-refractivity contribution is 6.21. The quantitative estimate of drug-likeness (QED) is 0.502. The van der Waals surface area contributed by atoms with Crippen molar-refractivity contribution in [2.45, 2.75) is 19.4 Å². The number of ether oxygens (including phenoxy) is 2. The molecule has 9 nitrogen and oxygen atoms in total. The van der Waals surface area contributed by atoms with Crippen molar-refractivity contribution >= 4 is 29.6 Å². The number of methoxy groups -OCH3 is 1. The first-order chi connectivity index (χ1) is 15.4. The van der Waals surface area contributed by atoms with Crippen LogP contribution in [0.3, 0.4) is 0 Å². The summed E-state index contributed by atoms with van der Waals surface area (Å²) in [6.07, 6.45) is 0.888. The molecule has 1 saturated heterocycles. The normalized spacial score (nSPS) is 15.2. The zero-order valence-electron chi connectivity index (χ0n) is 17.3. The highest BCUT2D eigenvalue weighted by Crippen LogP contribution is 2.27. The maximum atomic E-state index is 12.6. The Morgan fingerprint density at radius 1 is 1.00 bits per heavy atom. The summed E-state index contributed by atoms with van der Waals surface area (Å²) in [5, 5.41) is 0. The van der Waals surface area contributed by atoms with Gasteiger partial charge in [-0.1, -0.05) is 18.2 Å².